The number of nitrogens with one attached hydrogen (secondary N) is 4. The molecule has 0 atom stereocenters. The van der Waals surface area contributed by atoms with Gasteiger partial charge in [-0.15, -0.1) is 22.7 Å². The fourth-order valence-corrected chi connectivity index (χ4v) is 8.83. The van der Waals surface area contributed by atoms with Crippen LogP contribution in [0.15, 0.2) is 60.7 Å². The topological polar surface area (TPSA) is 185 Å². The van der Waals surface area contributed by atoms with E-state index in [-0.39, 0.29) is 38.3 Å². The van der Waals surface area contributed by atoms with E-state index in [2.05, 4.69) is 31.5 Å². The van der Waals surface area contributed by atoms with E-state index in [1.165, 1.54) is 28.9 Å². The lowest BCUT2D eigenvalue weighted by atomic mass is 9.92. The van der Waals surface area contributed by atoms with Crippen molar-refractivity contribution in [1.82, 2.24) is 24.5 Å². The van der Waals surface area contributed by atoms with Crippen molar-refractivity contribution in [3.8, 4) is 11.4 Å². The largest absolute Gasteiger partial charge is 0.477 e. The second-order valence-corrected chi connectivity index (χ2v) is 19.7. The first-order valence-electron chi connectivity index (χ1n) is 20.1. The van der Waals surface area contributed by atoms with Crippen molar-refractivity contribution >= 4 is 91.5 Å². The summed E-state index contributed by atoms with van der Waals surface area (Å²) >= 11 is 14.5. The summed E-state index contributed by atoms with van der Waals surface area (Å²) in [7, 11) is 0. The summed E-state index contributed by atoms with van der Waals surface area (Å²) in [6.45, 7) is 17.3. The number of nitrogens with zero attached hydrogens (tertiary/aromatic N) is 5. The molecule has 0 aliphatic carbocycles. The van der Waals surface area contributed by atoms with Crippen LogP contribution in [0.25, 0.3) is 11.4 Å². The highest BCUT2D eigenvalue weighted by molar-refractivity contribution is 7.19. The zero-order valence-electron chi connectivity index (χ0n) is 36.7. The molecule has 0 spiro atoms. The number of carbonyl (C=O) groups excluding carboxylic acids is 3. The van der Waals surface area contributed by atoms with Crippen molar-refractivity contribution in [2.75, 3.05) is 47.6 Å². The van der Waals surface area contributed by atoms with Crippen LogP contribution in [0.3, 0.4) is 0 Å². The minimum atomic E-state index is -1.16. The molecule has 15 nitrogen and oxygen atoms in total. The number of morpholine rings is 1. The number of aromatic nitrogens is 4. The van der Waals surface area contributed by atoms with Crippen molar-refractivity contribution in [3.63, 3.8) is 0 Å². The fraction of sp³-hybridized carbons (Fsp3) is 0.318. The SMILES string of the molecule is Cc1c(NC(=O)Nc2cc(C(C)(C)C)nn2-c2ccc(F)cc2)sc(C(=O)N2CCOCC2)c1Cl.Cc1c(NC(=O)Nc2cc(C(C)(C)C)nn2-c2ccc(F)cc2)sc(C(=O)O)c1Cl. The molecule has 5 heterocycles. The number of ether oxygens (including phenoxy) is 1. The molecule has 2 aromatic carbocycles. The summed E-state index contributed by atoms with van der Waals surface area (Å²) in [5, 5.41) is 30.6. The lowest BCUT2D eigenvalue weighted by Gasteiger charge is -2.26. The van der Waals surface area contributed by atoms with Crippen LogP contribution in [0.1, 0.15) is 83.4 Å². The average molecular weight is 971 g/mol. The van der Waals surface area contributed by atoms with Gasteiger partial charge in [0.05, 0.1) is 46.0 Å². The van der Waals surface area contributed by atoms with Crippen LogP contribution < -0.4 is 21.3 Å². The molecule has 1 saturated heterocycles. The van der Waals surface area contributed by atoms with E-state index in [9.17, 15) is 33.1 Å². The number of halogens is 4. The Labute approximate surface area is 391 Å². The summed E-state index contributed by atoms with van der Waals surface area (Å²) in [5.74, 6) is -1.29. The lowest BCUT2D eigenvalue weighted by Crippen LogP contribution is -2.40. The highest BCUT2D eigenvalue weighted by Crippen LogP contribution is 2.39. The van der Waals surface area contributed by atoms with Gasteiger partial charge in [0.25, 0.3) is 5.91 Å². The van der Waals surface area contributed by atoms with Gasteiger partial charge < -0.3 is 14.7 Å². The van der Waals surface area contributed by atoms with Crippen LogP contribution in [-0.2, 0) is 15.6 Å². The Hall–Kier alpha value is -5.86. The fourth-order valence-electron chi connectivity index (χ4n) is 6.14. The minimum absolute atomic E-state index is 0.0455. The van der Waals surface area contributed by atoms with Gasteiger partial charge in [0, 0.05) is 47.2 Å². The van der Waals surface area contributed by atoms with E-state index in [1.807, 2.05) is 41.5 Å². The van der Waals surface area contributed by atoms with Crippen molar-refractivity contribution < 1.29 is 37.8 Å². The molecule has 1 fully saturated rings. The molecule has 5 amide bonds. The third kappa shape index (κ3) is 11.5. The molecule has 5 N–H and O–H groups in total. The number of aromatic carboxylic acids is 1. The van der Waals surface area contributed by atoms with Gasteiger partial charge in [-0.25, -0.2) is 32.5 Å². The van der Waals surface area contributed by atoms with E-state index in [4.69, 9.17) is 27.9 Å². The van der Waals surface area contributed by atoms with Gasteiger partial charge in [-0.3, -0.25) is 26.1 Å². The second-order valence-electron chi connectivity index (χ2n) is 16.9. The number of thiophene rings is 2. The highest BCUT2D eigenvalue weighted by atomic mass is 35.5. The summed E-state index contributed by atoms with van der Waals surface area (Å²) < 4.78 is 35.1. The number of rotatable bonds is 8. The normalized spacial score (nSPS) is 12.9. The smallest absolute Gasteiger partial charge is 0.347 e. The number of anilines is 4. The third-order valence-electron chi connectivity index (χ3n) is 9.87. The molecule has 6 aromatic rings. The maximum Gasteiger partial charge on any atom is 0.347 e. The number of benzene rings is 2. The Morgan fingerprint density at radius 3 is 1.42 bits per heavy atom. The first kappa shape index (κ1) is 48.6. The predicted molar refractivity (Wildman–Crippen MR) is 252 cm³/mol. The van der Waals surface area contributed by atoms with Crippen LogP contribution in [0.4, 0.5) is 40.0 Å². The Balaban J connectivity index is 0.000000218. The third-order valence-corrected chi connectivity index (χ3v) is 13.4. The second kappa shape index (κ2) is 19.7. The zero-order valence-corrected chi connectivity index (χ0v) is 39.8. The number of carboxylic acids is 1. The summed E-state index contributed by atoms with van der Waals surface area (Å²) in [4.78, 5) is 51.8. The Morgan fingerprint density at radius 1 is 0.662 bits per heavy atom. The molecule has 65 heavy (non-hydrogen) atoms. The summed E-state index contributed by atoms with van der Waals surface area (Å²) in [6, 6.07) is 14.0. The lowest BCUT2D eigenvalue weighted by molar-refractivity contribution is 0.0306. The van der Waals surface area contributed by atoms with E-state index in [0.29, 0.717) is 80.3 Å². The molecule has 344 valence electrons. The van der Waals surface area contributed by atoms with Crippen molar-refractivity contribution in [2.45, 2.75) is 66.2 Å². The van der Waals surface area contributed by atoms with E-state index >= 15 is 0 Å². The Bertz CT molecular complexity index is 2730. The maximum absolute atomic E-state index is 13.4. The molecule has 1 aliphatic rings. The number of carbonyl (C=O) groups is 4. The van der Waals surface area contributed by atoms with Crippen LogP contribution >= 0.6 is 45.9 Å². The van der Waals surface area contributed by atoms with Gasteiger partial charge in [0.2, 0.25) is 0 Å². The molecule has 0 unspecified atom stereocenters. The standard InChI is InChI=1S/C24H27ClFN5O3S.C20H20ClFN4O3S/c1-14-19(25)20(22(32)30-9-11-34-12-10-30)35-21(14)28-23(33)27-18-13-17(24(2,3)4)29-31(18)16-7-5-15(26)6-8-16;1-10-15(21)16(18(27)28)30-17(10)24-19(29)23-14-9-13(20(2,3)4)25-26(14)12-7-5-11(22)6-8-12/h5-8,13H,9-12H2,1-4H3,(H2,27,28,33);5-9H,1-4H3,(H,27,28)(H2,23,24,29). The molecular weight excluding hydrogens is 924 g/mol. The first-order chi connectivity index (χ1) is 30.5. The molecule has 7 rings (SSSR count). The molecule has 0 bridgehead atoms. The summed E-state index contributed by atoms with van der Waals surface area (Å²) in [6.07, 6.45) is 0. The monoisotopic (exact) mass is 969 g/mol. The van der Waals surface area contributed by atoms with Crippen LogP contribution in [0.2, 0.25) is 10.0 Å². The van der Waals surface area contributed by atoms with Gasteiger partial charge in [-0.1, -0.05) is 64.7 Å². The van der Waals surface area contributed by atoms with Gasteiger partial charge in [0.15, 0.2) is 0 Å². The van der Waals surface area contributed by atoms with Crippen molar-refractivity contribution in [2.24, 2.45) is 0 Å². The molecule has 0 saturated carbocycles. The predicted octanol–water partition coefficient (Wildman–Crippen LogP) is 11.1. The number of hydrogen-bond donors (Lipinski definition) is 5. The van der Waals surface area contributed by atoms with Gasteiger partial charge >= 0.3 is 18.0 Å². The van der Waals surface area contributed by atoms with Crippen LogP contribution in [0.5, 0.6) is 0 Å². The molecular formula is C44H47Cl2F2N9O6S2. The van der Waals surface area contributed by atoms with Crippen molar-refractivity contribution in [1.29, 1.82) is 0 Å². The first-order valence-corrected chi connectivity index (χ1v) is 22.5. The number of carboxylic acid groups (broad SMARTS) is 1. The van der Waals surface area contributed by atoms with Crippen molar-refractivity contribution in [3.05, 3.63) is 115 Å². The number of urea groups is 2. The molecule has 4 aromatic heterocycles. The average Bonchev–Trinajstić information content (AvgIpc) is 4.01. The minimum Gasteiger partial charge on any atom is -0.477 e. The Kier molecular flexibility index (Phi) is 14.7. The maximum atomic E-state index is 13.4. The van der Waals surface area contributed by atoms with E-state index < -0.39 is 18.0 Å². The van der Waals surface area contributed by atoms with Gasteiger partial charge in [-0.2, -0.15) is 10.2 Å². The highest BCUT2D eigenvalue weighted by Gasteiger charge is 2.28. The van der Waals surface area contributed by atoms with Crippen LogP contribution in [0, 0.1) is 25.5 Å². The van der Waals surface area contributed by atoms with E-state index in [0.717, 1.165) is 34.1 Å². The molecule has 0 radical (unpaired) electrons. The van der Waals surface area contributed by atoms with Gasteiger partial charge in [0.1, 0.15) is 43.0 Å². The summed E-state index contributed by atoms with van der Waals surface area (Å²) in [5.41, 5.74) is 3.19. The Morgan fingerprint density at radius 2 is 1.05 bits per heavy atom. The van der Waals surface area contributed by atoms with E-state index in [1.54, 1.807) is 59.8 Å². The van der Waals surface area contributed by atoms with Gasteiger partial charge in [-0.05, 0) is 62.4 Å². The zero-order chi connectivity index (χ0) is 47.5. The number of amides is 5. The molecule has 21 heteroatoms. The quantitative estimate of drug-likeness (QED) is 0.0997. The molecule has 1 aliphatic heterocycles. The van der Waals surface area contributed by atoms with Crippen LogP contribution in [-0.4, -0.2) is 79.8 Å². The number of hydrogen-bond acceptors (Lipinski definition) is 9.